The zero-order valence-corrected chi connectivity index (χ0v) is 29.3. The Morgan fingerprint density at radius 3 is 1.28 bits per heavy atom. The van der Waals surface area contributed by atoms with Gasteiger partial charge in [-0.1, -0.05) is 47.9 Å². The smallest absolute Gasteiger partial charge is 0.335 e. The van der Waals surface area contributed by atoms with Gasteiger partial charge in [0, 0.05) is 37.2 Å². The molecule has 0 fully saturated rings. The Hall–Kier alpha value is -5.28. The zero-order chi connectivity index (χ0) is 35.8. The van der Waals surface area contributed by atoms with Gasteiger partial charge < -0.3 is 28.4 Å². The number of allylic oxidation sites excluding steroid dienone is 2. The predicted octanol–water partition coefficient (Wildman–Crippen LogP) is 6.68. The van der Waals surface area contributed by atoms with Gasteiger partial charge in [0.2, 0.25) is 0 Å². The minimum atomic E-state index is -0.615. The summed E-state index contributed by atoms with van der Waals surface area (Å²) in [6.45, 7) is 9.56. The highest BCUT2D eigenvalue weighted by Crippen LogP contribution is 2.16. The maximum absolute atomic E-state index is 12.1. The third-order valence-corrected chi connectivity index (χ3v) is 6.94. The summed E-state index contributed by atoms with van der Waals surface area (Å²) in [6, 6.07) is 22.9. The van der Waals surface area contributed by atoms with E-state index in [1.807, 2.05) is 98.8 Å². The van der Waals surface area contributed by atoms with Gasteiger partial charge in [0.05, 0.1) is 13.2 Å². The summed E-state index contributed by atoms with van der Waals surface area (Å²) >= 11 is 0. The van der Waals surface area contributed by atoms with E-state index < -0.39 is 12.2 Å². The van der Waals surface area contributed by atoms with Crippen molar-refractivity contribution in [1.29, 1.82) is 0 Å². The van der Waals surface area contributed by atoms with Crippen LogP contribution in [0.3, 0.4) is 0 Å². The van der Waals surface area contributed by atoms with E-state index in [0.29, 0.717) is 52.5 Å². The molecule has 8 nitrogen and oxygen atoms in total. The lowest BCUT2D eigenvalue weighted by molar-refractivity contribution is -0.157. The van der Waals surface area contributed by atoms with Crippen LogP contribution in [0.15, 0.2) is 97.1 Å². The molecule has 0 amide bonds. The average Bonchev–Trinajstić information content (AvgIpc) is 3.13. The molecule has 0 heterocycles. The lowest BCUT2D eigenvalue weighted by atomic mass is 10.1. The van der Waals surface area contributed by atoms with E-state index in [2.05, 4.69) is 23.7 Å². The Morgan fingerprint density at radius 2 is 0.940 bits per heavy atom. The molecule has 0 aromatic heterocycles. The number of hydrogen-bond donors (Lipinski definition) is 0. The Bertz CT molecular complexity index is 1510. The molecule has 50 heavy (non-hydrogen) atoms. The second-order valence-electron chi connectivity index (χ2n) is 10.6. The van der Waals surface area contributed by atoms with Crippen molar-refractivity contribution >= 4 is 11.9 Å². The zero-order valence-electron chi connectivity index (χ0n) is 29.3. The summed E-state index contributed by atoms with van der Waals surface area (Å²) in [5.74, 6) is 13.0. The van der Waals surface area contributed by atoms with Crippen LogP contribution in [0, 0.1) is 23.7 Å². The fraction of sp³-hybridized carbons (Fsp3) is 0.333. The number of esters is 2. The molecule has 0 N–H and O–H groups in total. The van der Waals surface area contributed by atoms with Gasteiger partial charge in [0.15, 0.2) is 12.2 Å². The fourth-order valence-electron chi connectivity index (χ4n) is 4.55. The van der Waals surface area contributed by atoms with E-state index in [4.69, 9.17) is 28.4 Å². The minimum Gasteiger partial charge on any atom is -0.490 e. The maximum Gasteiger partial charge on any atom is 0.335 e. The molecule has 3 aromatic carbocycles. The van der Waals surface area contributed by atoms with Crippen LogP contribution in [0.2, 0.25) is 0 Å². The van der Waals surface area contributed by atoms with Crippen LogP contribution < -0.4 is 9.47 Å². The molecule has 3 rings (SSSR count). The van der Waals surface area contributed by atoms with Gasteiger partial charge in [-0.2, -0.15) is 0 Å². The van der Waals surface area contributed by atoms with Crippen LogP contribution >= 0.6 is 0 Å². The number of rotatable bonds is 18. The molecular formula is C42H46O8. The van der Waals surface area contributed by atoms with Gasteiger partial charge in [-0.15, -0.1) is 0 Å². The molecule has 0 aliphatic carbocycles. The lowest BCUT2D eigenvalue weighted by Crippen LogP contribution is -2.28. The summed E-state index contributed by atoms with van der Waals surface area (Å²) < 4.78 is 32.8. The molecule has 262 valence electrons. The number of benzene rings is 3. The first-order valence-electron chi connectivity index (χ1n) is 16.9. The van der Waals surface area contributed by atoms with Gasteiger partial charge in [-0.25, -0.2) is 9.59 Å². The summed E-state index contributed by atoms with van der Waals surface area (Å²) in [6.07, 6.45) is 6.89. The van der Waals surface area contributed by atoms with Crippen LogP contribution in [0.1, 0.15) is 49.9 Å². The van der Waals surface area contributed by atoms with Crippen LogP contribution in [0.4, 0.5) is 0 Å². The van der Waals surface area contributed by atoms with Crippen molar-refractivity contribution in [1.82, 2.24) is 0 Å². The number of ether oxygens (including phenoxy) is 6. The molecule has 0 spiro atoms. The first-order valence-corrected chi connectivity index (χ1v) is 16.9. The van der Waals surface area contributed by atoms with E-state index in [9.17, 15) is 9.59 Å². The standard InChI is InChI=1S/C42H46O8/c1-5-45-39(41(43)47-7-3)31-35-21-25-37(26-22-35)49-29-13-9-11-15-33-17-19-34(20-18-33)16-12-10-14-30-50-38-27-23-36(24-28-38)32-40(46-6-2)42(44)48-8-4/h9-10,13-14,17-28,39-40H,5-8,29-32H2,1-4H3/t39-,40-/m0/s1. The van der Waals surface area contributed by atoms with E-state index in [0.717, 1.165) is 33.8 Å². The lowest BCUT2D eigenvalue weighted by Gasteiger charge is -2.15. The number of carbonyl (C=O) groups is 2. The number of carbonyl (C=O) groups excluding carboxylic acids is 2. The van der Waals surface area contributed by atoms with Crippen molar-refractivity contribution in [3.63, 3.8) is 0 Å². The highest BCUT2D eigenvalue weighted by Gasteiger charge is 2.21. The maximum atomic E-state index is 12.1. The van der Waals surface area contributed by atoms with E-state index >= 15 is 0 Å². The van der Waals surface area contributed by atoms with Crippen molar-refractivity contribution in [2.45, 2.75) is 52.7 Å². The molecule has 0 saturated heterocycles. The Morgan fingerprint density at radius 1 is 0.560 bits per heavy atom. The Kier molecular flexibility index (Phi) is 18.1. The number of hydrogen-bond acceptors (Lipinski definition) is 8. The van der Waals surface area contributed by atoms with Crippen molar-refractivity contribution < 1.29 is 38.0 Å². The molecule has 0 radical (unpaired) electrons. The van der Waals surface area contributed by atoms with Gasteiger partial charge in [-0.05, 0) is 112 Å². The first kappa shape index (κ1) is 39.2. The van der Waals surface area contributed by atoms with E-state index in [1.165, 1.54) is 0 Å². The minimum absolute atomic E-state index is 0.324. The third kappa shape index (κ3) is 14.9. The Labute approximate surface area is 296 Å². The van der Waals surface area contributed by atoms with Gasteiger partial charge in [0.1, 0.15) is 24.7 Å². The molecule has 0 unspecified atom stereocenters. The summed E-state index contributed by atoms with van der Waals surface area (Å²) in [4.78, 5) is 24.2. The van der Waals surface area contributed by atoms with Crippen molar-refractivity contribution in [2.24, 2.45) is 0 Å². The van der Waals surface area contributed by atoms with Gasteiger partial charge >= 0.3 is 11.9 Å². The topological polar surface area (TPSA) is 89.5 Å². The van der Waals surface area contributed by atoms with Crippen molar-refractivity contribution in [2.75, 3.05) is 39.6 Å². The third-order valence-electron chi connectivity index (χ3n) is 6.94. The van der Waals surface area contributed by atoms with Crippen LogP contribution in [0.5, 0.6) is 11.5 Å². The fourth-order valence-corrected chi connectivity index (χ4v) is 4.55. The average molecular weight is 679 g/mol. The summed E-state index contributed by atoms with van der Waals surface area (Å²) in [5.41, 5.74) is 3.69. The molecular weight excluding hydrogens is 632 g/mol. The molecule has 3 aromatic rings. The van der Waals surface area contributed by atoms with Crippen molar-refractivity contribution in [3.8, 4) is 35.2 Å². The summed E-state index contributed by atoms with van der Waals surface area (Å²) in [5, 5.41) is 0. The molecule has 0 bridgehead atoms. The largest absolute Gasteiger partial charge is 0.490 e. The van der Waals surface area contributed by atoms with Crippen LogP contribution in [-0.4, -0.2) is 63.8 Å². The second-order valence-corrected chi connectivity index (χ2v) is 10.6. The molecule has 0 aliphatic heterocycles. The molecule has 2 atom stereocenters. The van der Waals surface area contributed by atoms with Gasteiger partial charge in [0.25, 0.3) is 0 Å². The SMILES string of the molecule is CCOC(=O)[C@H](Cc1ccc(OCC=CC#Cc2ccc(C#CC=CCOc3ccc(C[C@H](OCC)C(=O)OCC)cc3)cc2)cc1)OCC. The highest BCUT2D eigenvalue weighted by molar-refractivity contribution is 5.75. The molecule has 0 aliphatic rings. The van der Waals surface area contributed by atoms with Gasteiger partial charge in [-0.3, -0.25) is 0 Å². The van der Waals surface area contributed by atoms with Crippen LogP contribution in [0.25, 0.3) is 0 Å². The van der Waals surface area contributed by atoms with Crippen molar-refractivity contribution in [3.05, 3.63) is 119 Å². The van der Waals surface area contributed by atoms with E-state index in [1.54, 1.807) is 26.0 Å². The first-order chi connectivity index (χ1) is 24.4. The monoisotopic (exact) mass is 678 g/mol. The van der Waals surface area contributed by atoms with E-state index in [-0.39, 0.29) is 11.9 Å². The predicted molar refractivity (Wildman–Crippen MR) is 194 cm³/mol. The van der Waals surface area contributed by atoms with Crippen LogP contribution in [-0.2, 0) is 41.4 Å². The normalized spacial score (nSPS) is 11.9. The molecule has 0 saturated carbocycles. The quantitative estimate of drug-likeness (QED) is 0.109. The highest BCUT2D eigenvalue weighted by atomic mass is 16.6. The molecule has 8 heteroatoms. The Balaban J connectivity index is 1.37. The second kappa shape index (κ2) is 23.1. The summed E-state index contributed by atoms with van der Waals surface area (Å²) in [7, 11) is 0.